The number of carbonyl (C=O) groups excluding carboxylic acids is 1. The van der Waals surface area contributed by atoms with Gasteiger partial charge in [0.2, 0.25) is 15.9 Å². The van der Waals surface area contributed by atoms with Crippen molar-refractivity contribution >= 4 is 43.2 Å². The number of ether oxygens (including phenoxy) is 1. The molecule has 0 fully saturated rings. The van der Waals surface area contributed by atoms with Gasteiger partial charge in [-0.1, -0.05) is 28.1 Å². The van der Waals surface area contributed by atoms with Crippen LogP contribution in [-0.2, 0) is 14.8 Å². The predicted octanol–water partition coefficient (Wildman–Crippen LogP) is 3.64. The Morgan fingerprint density at radius 1 is 1.19 bits per heavy atom. The van der Waals surface area contributed by atoms with Crippen molar-refractivity contribution in [2.75, 3.05) is 29.5 Å². The normalized spacial score (nSPS) is 11.0. The second kappa shape index (κ2) is 9.05. The number of benzene rings is 2. The number of nitrogens with one attached hydrogen (secondary N) is 1. The van der Waals surface area contributed by atoms with Gasteiger partial charge < -0.3 is 10.1 Å². The zero-order valence-electron chi connectivity index (χ0n) is 14.6. The Hall–Kier alpha value is -2.06. The Morgan fingerprint density at radius 2 is 1.92 bits per heavy atom. The molecule has 0 bridgehead atoms. The molecule has 0 unspecified atom stereocenters. The van der Waals surface area contributed by atoms with Gasteiger partial charge in [-0.15, -0.1) is 0 Å². The van der Waals surface area contributed by atoms with Gasteiger partial charge in [0.1, 0.15) is 5.75 Å². The van der Waals surface area contributed by atoms with Gasteiger partial charge in [-0.3, -0.25) is 9.10 Å². The minimum atomic E-state index is -3.47. The minimum absolute atomic E-state index is 0.165. The maximum atomic E-state index is 12.1. The van der Waals surface area contributed by atoms with E-state index in [1.54, 1.807) is 36.4 Å². The van der Waals surface area contributed by atoms with Gasteiger partial charge >= 0.3 is 0 Å². The summed E-state index contributed by atoms with van der Waals surface area (Å²) in [5, 5.41) is 2.80. The summed E-state index contributed by atoms with van der Waals surface area (Å²) >= 11 is 3.35. The van der Waals surface area contributed by atoms with Crippen molar-refractivity contribution in [2.24, 2.45) is 0 Å². The van der Waals surface area contributed by atoms with Gasteiger partial charge in [0.15, 0.2) is 0 Å². The Bertz CT molecular complexity index is 871. The van der Waals surface area contributed by atoms with Crippen molar-refractivity contribution in [1.82, 2.24) is 0 Å². The van der Waals surface area contributed by atoms with Crippen LogP contribution in [0.5, 0.6) is 5.75 Å². The smallest absolute Gasteiger partial charge is 0.232 e. The van der Waals surface area contributed by atoms with Gasteiger partial charge in [0.05, 0.1) is 19.1 Å². The highest BCUT2D eigenvalue weighted by atomic mass is 79.9. The molecule has 0 saturated heterocycles. The van der Waals surface area contributed by atoms with Crippen LogP contribution in [0, 0.1) is 0 Å². The zero-order valence-corrected chi connectivity index (χ0v) is 17.0. The molecule has 8 heteroatoms. The molecule has 2 aromatic rings. The van der Waals surface area contributed by atoms with Crippen LogP contribution >= 0.6 is 15.9 Å². The first-order valence-corrected chi connectivity index (χ1v) is 10.6. The van der Waals surface area contributed by atoms with E-state index in [2.05, 4.69) is 21.2 Å². The fraction of sp³-hybridized carbons (Fsp3) is 0.278. The van der Waals surface area contributed by atoms with Crippen LogP contribution in [0.3, 0.4) is 0 Å². The Labute approximate surface area is 162 Å². The molecule has 1 N–H and O–H groups in total. The van der Waals surface area contributed by atoms with E-state index in [4.69, 9.17) is 4.74 Å². The van der Waals surface area contributed by atoms with Crippen molar-refractivity contribution in [3.8, 4) is 5.75 Å². The number of nitrogens with zero attached hydrogens (tertiary/aromatic N) is 1. The lowest BCUT2D eigenvalue weighted by Crippen LogP contribution is -2.31. The lowest BCUT2D eigenvalue weighted by molar-refractivity contribution is -0.116. The number of rotatable bonds is 8. The second-order valence-electron chi connectivity index (χ2n) is 5.70. The van der Waals surface area contributed by atoms with Gasteiger partial charge in [0, 0.05) is 29.2 Å². The maximum Gasteiger partial charge on any atom is 0.232 e. The minimum Gasteiger partial charge on any atom is -0.497 e. The first-order chi connectivity index (χ1) is 12.3. The Balaban J connectivity index is 1.98. The fourth-order valence-corrected chi connectivity index (χ4v) is 3.78. The van der Waals surface area contributed by atoms with E-state index in [9.17, 15) is 13.2 Å². The van der Waals surface area contributed by atoms with E-state index in [1.807, 2.05) is 12.1 Å². The topological polar surface area (TPSA) is 75.7 Å². The molecule has 0 spiro atoms. The molecule has 26 heavy (non-hydrogen) atoms. The van der Waals surface area contributed by atoms with Crippen molar-refractivity contribution in [2.45, 2.75) is 12.8 Å². The second-order valence-corrected chi connectivity index (χ2v) is 8.52. The van der Waals surface area contributed by atoms with Crippen LogP contribution in [-0.4, -0.2) is 34.2 Å². The van der Waals surface area contributed by atoms with Crippen molar-refractivity contribution < 1.29 is 17.9 Å². The fourth-order valence-electron chi connectivity index (χ4n) is 2.42. The molecule has 0 aliphatic rings. The van der Waals surface area contributed by atoms with E-state index in [-0.39, 0.29) is 18.9 Å². The Morgan fingerprint density at radius 3 is 2.58 bits per heavy atom. The molecule has 0 aliphatic heterocycles. The maximum absolute atomic E-state index is 12.1. The third kappa shape index (κ3) is 6.03. The van der Waals surface area contributed by atoms with Crippen LogP contribution < -0.4 is 14.4 Å². The molecule has 0 aromatic heterocycles. The average Bonchev–Trinajstić information content (AvgIpc) is 2.57. The summed E-state index contributed by atoms with van der Waals surface area (Å²) in [5.74, 6) is 0.408. The average molecular weight is 441 g/mol. The van der Waals surface area contributed by atoms with E-state index in [0.717, 1.165) is 10.7 Å². The molecule has 2 rings (SSSR count). The number of anilines is 2. The zero-order chi connectivity index (χ0) is 19.2. The molecule has 140 valence electrons. The van der Waals surface area contributed by atoms with E-state index in [0.29, 0.717) is 23.5 Å². The third-order valence-electron chi connectivity index (χ3n) is 3.62. The number of hydrogen-bond donors (Lipinski definition) is 1. The summed E-state index contributed by atoms with van der Waals surface area (Å²) in [6.07, 6.45) is 1.75. The van der Waals surface area contributed by atoms with Gasteiger partial charge in [0.25, 0.3) is 0 Å². The number of amides is 1. The number of hydrogen-bond acceptors (Lipinski definition) is 4. The van der Waals surface area contributed by atoms with Crippen molar-refractivity contribution in [3.63, 3.8) is 0 Å². The summed E-state index contributed by atoms with van der Waals surface area (Å²) < 4.78 is 31.5. The lowest BCUT2D eigenvalue weighted by Gasteiger charge is -2.22. The number of halogens is 1. The highest BCUT2D eigenvalue weighted by Gasteiger charge is 2.18. The van der Waals surface area contributed by atoms with E-state index >= 15 is 0 Å². The molecule has 2 aromatic carbocycles. The molecule has 0 heterocycles. The molecule has 0 saturated carbocycles. The van der Waals surface area contributed by atoms with Crippen LogP contribution in [0.25, 0.3) is 0 Å². The van der Waals surface area contributed by atoms with Crippen LogP contribution in [0.4, 0.5) is 11.4 Å². The largest absolute Gasteiger partial charge is 0.497 e. The number of methoxy groups -OCH3 is 1. The molecule has 0 atom stereocenters. The summed E-state index contributed by atoms with van der Waals surface area (Å²) in [4.78, 5) is 12.1. The summed E-state index contributed by atoms with van der Waals surface area (Å²) in [5.41, 5.74) is 1.20. The summed E-state index contributed by atoms with van der Waals surface area (Å²) in [6.45, 7) is 0.206. The van der Waals surface area contributed by atoms with Crippen molar-refractivity contribution in [3.05, 3.63) is 53.0 Å². The number of carbonyl (C=O) groups is 1. The van der Waals surface area contributed by atoms with Crippen molar-refractivity contribution in [1.29, 1.82) is 0 Å². The Kier molecular flexibility index (Phi) is 7.05. The third-order valence-corrected chi connectivity index (χ3v) is 5.30. The molecule has 0 aliphatic carbocycles. The molecular weight excluding hydrogens is 420 g/mol. The molecule has 1 amide bonds. The quantitative estimate of drug-likeness (QED) is 0.679. The number of sulfonamides is 1. The molecule has 6 nitrogen and oxygen atoms in total. The highest BCUT2D eigenvalue weighted by molar-refractivity contribution is 9.10. The van der Waals surface area contributed by atoms with Crippen LogP contribution in [0.15, 0.2) is 53.0 Å². The lowest BCUT2D eigenvalue weighted by atomic mass is 10.2. The molecule has 0 radical (unpaired) electrons. The summed E-state index contributed by atoms with van der Waals surface area (Å²) in [7, 11) is -1.94. The van der Waals surface area contributed by atoms with E-state index < -0.39 is 10.0 Å². The first kappa shape index (κ1) is 20.3. The van der Waals surface area contributed by atoms with Crippen LogP contribution in [0.2, 0.25) is 0 Å². The van der Waals surface area contributed by atoms with Gasteiger partial charge in [-0.2, -0.15) is 0 Å². The monoisotopic (exact) mass is 440 g/mol. The first-order valence-electron chi connectivity index (χ1n) is 7.97. The van der Waals surface area contributed by atoms with E-state index in [1.165, 1.54) is 11.4 Å². The van der Waals surface area contributed by atoms with Crippen LogP contribution in [0.1, 0.15) is 12.8 Å². The predicted molar refractivity (Wildman–Crippen MR) is 107 cm³/mol. The highest BCUT2D eigenvalue weighted by Crippen LogP contribution is 2.23. The SMILES string of the molecule is COc1cccc(N(CCCC(=O)Nc2cccc(Br)c2)S(C)(=O)=O)c1. The van der Waals surface area contributed by atoms with Gasteiger partial charge in [-0.25, -0.2) is 8.42 Å². The standard InChI is InChI=1S/C18H21BrN2O4S/c1-25-17-9-4-8-16(13-17)21(26(2,23)24)11-5-10-18(22)20-15-7-3-6-14(19)12-15/h3-4,6-9,12-13H,5,10-11H2,1-2H3,(H,20,22). The summed E-state index contributed by atoms with van der Waals surface area (Å²) in [6, 6.07) is 14.1. The molecular formula is C18H21BrN2O4S. The van der Waals surface area contributed by atoms with Gasteiger partial charge in [-0.05, 0) is 36.8 Å².